The fourth-order valence-corrected chi connectivity index (χ4v) is 2.52. The summed E-state index contributed by atoms with van der Waals surface area (Å²) in [5.41, 5.74) is 9.59. The van der Waals surface area contributed by atoms with E-state index in [9.17, 15) is 0 Å². The fraction of sp³-hybridized carbons (Fsp3) is 0.133. The molecule has 1 aliphatic rings. The number of halogens is 2. The number of nitrogen functional groups attached to an aromatic ring is 1. The van der Waals surface area contributed by atoms with Gasteiger partial charge in [0, 0.05) is 34.3 Å². The number of hydrogen-bond acceptors (Lipinski definition) is 3. The zero-order valence-electron chi connectivity index (χ0n) is 10.7. The van der Waals surface area contributed by atoms with Crippen molar-refractivity contribution in [2.24, 2.45) is 5.10 Å². The molecule has 3 rings (SSSR count). The summed E-state index contributed by atoms with van der Waals surface area (Å²) in [7, 11) is 0. The van der Waals surface area contributed by atoms with Crippen LogP contribution in [-0.2, 0) is 0 Å². The number of benzene rings is 2. The predicted molar refractivity (Wildman–Crippen MR) is 85.8 cm³/mol. The molecular formula is C15H13Cl2N3. The number of nitrogens with two attached hydrogens (primary N) is 1. The topological polar surface area (TPSA) is 41.6 Å². The minimum Gasteiger partial charge on any atom is -0.398 e. The lowest BCUT2D eigenvalue weighted by molar-refractivity contribution is 0.922. The molecule has 0 fully saturated rings. The summed E-state index contributed by atoms with van der Waals surface area (Å²) in [5, 5.41) is 7.97. The van der Waals surface area contributed by atoms with Crippen molar-refractivity contribution in [1.82, 2.24) is 0 Å². The molecule has 1 heterocycles. The molecule has 0 aromatic heterocycles. The minimum atomic E-state index is 0.668. The van der Waals surface area contributed by atoms with Crippen molar-refractivity contribution in [3.63, 3.8) is 0 Å². The Kier molecular flexibility index (Phi) is 3.55. The van der Waals surface area contributed by atoms with Gasteiger partial charge in [0.15, 0.2) is 0 Å². The Morgan fingerprint density at radius 1 is 1.00 bits per heavy atom. The van der Waals surface area contributed by atoms with Crippen molar-refractivity contribution in [1.29, 1.82) is 0 Å². The normalized spacial score (nSPS) is 14.5. The van der Waals surface area contributed by atoms with E-state index >= 15 is 0 Å². The third-order valence-corrected chi connectivity index (χ3v) is 3.74. The molecule has 2 aromatic carbocycles. The van der Waals surface area contributed by atoms with Gasteiger partial charge in [0.25, 0.3) is 0 Å². The first-order valence-corrected chi connectivity index (χ1v) is 7.05. The standard InChI is InChI=1S/C15H13Cl2N3/c16-10-1-4-12(5-2-10)20-8-7-15(19-20)13-9-11(17)3-6-14(13)18/h1-6,9H,7-8,18H2. The average Bonchev–Trinajstić information content (AvgIpc) is 2.92. The Bertz CT molecular complexity index is 665. The molecule has 5 heteroatoms. The van der Waals surface area contributed by atoms with Gasteiger partial charge in [0.2, 0.25) is 0 Å². The summed E-state index contributed by atoms with van der Waals surface area (Å²) in [4.78, 5) is 0. The number of hydrogen-bond donors (Lipinski definition) is 1. The quantitative estimate of drug-likeness (QED) is 0.845. The average molecular weight is 306 g/mol. The lowest BCUT2D eigenvalue weighted by atomic mass is 10.1. The first-order chi connectivity index (χ1) is 9.63. The van der Waals surface area contributed by atoms with Crippen LogP contribution in [0.3, 0.4) is 0 Å². The SMILES string of the molecule is Nc1ccc(Cl)cc1C1=NN(c2ccc(Cl)cc2)CC1. The minimum absolute atomic E-state index is 0.668. The maximum absolute atomic E-state index is 6.03. The molecule has 0 atom stereocenters. The maximum Gasteiger partial charge on any atom is 0.0721 e. The van der Waals surface area contributed by atoms with E-state index in [4.69, 9.17) is 28.9 Å². The maximum atomic E-state index is 6.03. The molecule has 1 aliphatic heterocycles. The molecule has 2 aromatic rings. The third kappa shape index (κ3) is 2.60. The van der Waals surface area contributed by atoms with E-state index in [0.29, 0.717) is 10.7 Å². The van der Waals surface area contributed by atoms with Crippen LogP contribution in [0, 0.1) is 0 Å². The van der Waals surface area contributed by atoms with Gasteiger partial charge in [-0.25, -0.2) is 0 Å². The molecular weight excluding hydrogens is 293 g/mol. The highest BCUT2D eigenvalue weighted by molar-refractivity contribution is 6.31. The second-order valence-electron chi connectivity index (χ2n) is 4.63. The Hall–Kier alpha value is -1.71. The Balaban J connectivity index is 1.91. The van der Waals surface area contributed by atoms with Crippen LogP contribution in [0.2, 0.25) is 10.0 Å². The highest BCUT2D eigenvalue weighted by atomic mass is 35.5. The molecule has 2 N–H and O–H groups in total. The molecule has 0 radical (unpaired) electrons. The first-order valence-electron chi connectivity index (χ1n) is 6.29. The van der Waals surface area contributed by atoms with Gasteiger partial charge in [-0.15, -0.1) is 0 Å². The van der Waals surface area contributed by atoms with Gasteiger partial charge in [0.1, 0.15) is 0 Å². The number of rotatable bonds is 2. The van der Waals surface area contributed by atoms with Crippen LogP contribution >= 0.6 is 23.2 Å². The smallest absolute Gasteiger partial charge is 0.0721 e. The summed E-state index contributed by atoms with van der Waals surface area (Å²) in [5.74, 6) is 0. The molecule has 0 saturated carbocycles. The van der Waals surface area contributed by atoms with Gasteiger partial charge in [0.05, 0.1) is 11.4 Å². The summed E-state index contributed by atoms with van der Waals surface area (Å²) in [6.45, 7) is 0.822. The summed E-state index contributed by atoms with van der Waals surface area (Å²) < 4.78 is 0. The van der Waals surface area contributed by atoms with Gasteiger partial charge in [-0.05, 0) is 42.5 Å². The molecule has 0 amide bonds. The van der Waals surface area contributed by atoms with Gasteiger partial charge >= 0.3 is 0 Å². The predicted octanol–water partition coefficient (Wildman–Crippen LogP) is 4.19. The number of hydrazone groups is 1. The molecule has 0 saturated heterocycles. The highest BCUT2D eigenvalue weighted by Gasteiger charge is 2.19. The monoisotopic (exact) mass is 305 g/mol. The zero-order valence-corrected chi connectivity index (χ0v) is 12.2. The summed E-state index contributed by atoms with van der Waals surface area (Å²) in [6, 6.07) is 13.1. The summed E-state index contributed by atoms with van der Waals surface area (Å²) >= 11 is 11.9. The molecule has 102 valence electrons. The van der Waals surface area contributed by atoms with E-state index < -0.39 is 0 Å². The Labute approximate surface area is 127 Å². The van der Waals surface area contributed by atoms with E-state index in [1.54, 1.807) is 6.07 Å². The number of anilines is 2. The molecule has 0 unspecified atom stereocenters. The van der Waals surface area contributed by atoms with E-state index in [-0.39, 0.29) is 0 Å². The molecule has 3 nitrogen and oxygen atoms in total. The first kappa shape index (κ1) is 13.3. The second kappa shape index (κ2) is 5.35. The largest absolute Gasteiger partial charge is 0.398 e. The lowest BCUT2D eigenvalue weighted by Gasteiger charge is -2.13. The van der Waals surface area contributed by atoms with Crippen molar-refractivity contribution in [2.75, 3.05) is 17.3 Å². The van der Waals surface area contributed by atoms with E-state index in [2.05, 4.69) is 5.10 Å². The lowest BCUT2D eigenvalue weighted by Crippen LogP contribution is -2.11. The molecule has 0 bridgehead atoms. The molecule has 20 heavy (non-hydrogen) atoms. The van der Waals surface area contributed by atoms with Crippen LogP contribution in [0.25, 0.3) is 0 Å². The van der Waals surface area contributed by atoms with Crippen molar-refractivity contribution in [2.45, 2.75) is 6.42 Å². The second-order valence-corrected chi connectivity index (χ2v) is 5.50. The van der Waals surface area contributed by atoms with Gasteiger partial charge in [-0.2, -0.15) is 5.10 Å². The van der Waals surface area contributed by atoms with Gasteiger partial charge in [-0.3, -0.25) is 5.01 Å². The van der Waals surface area contributed by atoms with Crippen LogP contribution in [0.1, 0.15) is 12.0 Å². The zero-order chi connectivity index (χ0) is 14.1. The van der Waals surface area contributed by atoms with Crippen molar-refractivity contribution < 1.29 is 0 Å². The van der Waals surface area contributed by atoms with Crippen LogP contribution < -0.4 is 10.7 Å². The Morgan fingerprint density at radius 2 is 1.70 bits per heavy atom. The van der Waals surface area contributed by atoms with Crippen LogP contribution in [0.15, 0.2) is 47.6 Å². The third-order valence-electron chi connectivity index (χ3n) is 3.25. The van der Waals surface area contributed by atoms with Gasteiger partial charge < -0.3 is 5.73 Å². The van der Waals surface area contributed by atoms with Crippen LogP contribution in [-0.4, -0.2) is 12.3 Å². The molecule has 0 aliphatic carbocycles. The molecule has 0 spiro atoms. The fourth-order valence-electron chi connectivity index (χ4n) is 2.22. The van der Waals surface area contributed by atoms with Crippen LogP contribution in [0.5, 0.6) is 0 Å². The number of nitrogens with zero attached hydrogens (tertiary/aromatic N) is 2. The van der Waals surface area contributed by atoms with E-state index in [0.717, 1.165) is 35.0 Å². The highest BCUT2D eigenvalue weighted by Crippen LogP contribution is 2.26. The van der Waals surface area contributed by atoms with Gasteiger partial charge in [-0.1, -0.05) is 23.2 Å². The van der Waals surface area contributed by atoms with Crippen molar-refractivity contribution >= 4 is 40.3 Å². The van der Waals surface area contributed by atoms with E-state index in [1.165, 1.54) is 0 Å². The Morgan fingerprint density at radius 3 is 2.45 bits per heavy atom. The summed E-state index contributed by atoms with van der Waals surface area (Å²) in [6.07, 6.45) is 0.840. The van der Waals surface area contributed by atoms with Crippen molar-refractivity contribution in [3.05, 3.63) is 58.1 Å². The van der Waals surface area contributed by atoms with E-state index in [1.807, 2.05) is 41.4 Å². The van der Waals surface area contributed by atoms with Crippen LogP contribution in [0.4, 0.5) is 11.4 Å². The van der Waals surface area contributed by atoms with Crippen molar-refractivity contribution in [3.8, 4) is 0 Å².